The van der Waals surface area contributed by atoms with E-state index in [1.165, 1.54) is 0 Å². The van der Waals surface area contributed by atoms with Crippen LogP contribution in [0.4, 0.5) is 5.82 Å². The number of anilines is 1. The van der Waals surface area contributed by atoms with Gasteiger partial charge in [-0.05, 0) is 25.7 Å². The lowest BCUT2D eigenvalue weighted by Gasteiger charge is -2.16. The minimum atomic E-state index is 0.243. The summed E-state index contributed by atoms with van der Waals surface area (Å²) in [5.74, 6) is 1.32. The highest BCUT2D eigenvalue weighted by atomic mass is 16.3. The number of aromatic nitrogens is 2. The molecule has 2 rings (SSSR count). The van der Waals surface area contributed by atoms with Crippen molar-refractivity contribution in [2.45, 2.75) is 33.1 Å². The highest BCUT2D eigenvalue weighted by Gasteiger charge is 2.10. The van der Waals surface area contributed by atoms with E-state index in [9.17, 15) is 0 Å². The summed E-state index contributed by atoms with van der Waals surface area (Å²) in [4.78, 5) is 0. The molecule has 2 N–H and O–H groups in total. The second-order valence-electron chi connectivity index (χ2n) is 5.23. The van der Waals surface area contributed by atoms with E-state index in [-0.39, 0.29) is 6.61 Å². The van der Waals surface area contributed by atoms with Crippen LogP contribution in [0.2, 0.25) is 0 Å². The molecule has 1 aromatic carbocycles. The lowest BCUT2D eigenvalue weighted by atomic mass is 10.0. The Morgan fingerprint density at radius 2 is 1.90 bits per heavy atom. The fraction of sp³-hybridized carbons (Fsp3) is 0.500. The molecule has 4 nitrogen and oxygen atoms in total. The molecule has 1 unspecified atom stereocenters. The summed E-state index contributed by atoms with van der Waals surface area (Å²) in [6.07, 6.45) is 3.08. The van der Waals surface area contributed by atoms with Crippen LogP contribution in [0, 0.1) is 12.8 Å². The molecule has 1 atom stereocenters. The quantitative estimate of drug-likeness (QED) is 0.813. The van der Waals surface area contributed by atoms with Gasteiger partial charge in [-0.25, -0.2) is 0 Å². The Morgan fingerprint density at radius 1 is 1.15 bits per heavy atom. The van der Waals surface area contributed by atoms with Gasteiger partial charge in [-0.15, -0.1) is 5.10 Å². The SMILES string of the molecule is CCCC(CCO)CNc1nnc(C)c2ccccc12. The van der Waals surface area contributed by atoms with E-state index < -0.39 is 0 Å². The van der Waals surface area contributed by atoms with Gasteiger partial charge in [0.2, 0.25) is 0 Å². The first-order valence-corrected chi connectivity index (χ1v) is 7.33. The fourth-order valence-electron chi connectivity index (χ4n) is 2.55. The smallest absolute Gasteiger partial charge is 0.156 e. The van der Waals surface area contributed by atoms with Crippen LogP contribution in [0.25, 0.3) is 10.8 Å². The monoisotopic (exact) mass is 273 g/mol. The first kappa shape index (κ1) is 14.7. The predicted octanol–water partition coefficient (Wildman–Crippen LogP) is 3.15. The Morgan fingerprint density at radius 3 is 2.60 bits per heavy atom. The van der Waals surface area contributed by atoms with E-state index in [1.54, 1.807) is 0 Å². The number of hydrogen-bond donors (Lipinski definition) is 2. The zero-order chi connectivity index (χ0) is 14.4. The van der Waals surface area contributed by atoms with Crippen LogP contribution in [0.1, 0.15) is 31.9 Å². The summed E-state index contributed by atoms with van der Waals surface area (Å²) < 4.78 is 0. The summed E-state index contributed by atoms with van der Waals surface area (Å²) in [5.41, 5.74) is 0.951. The molecular formula is C16H23N3O. The molecule has 0 bridgehead atoms. The summed E-state index contributed by atoms with van der Waals surface area (Å²) in [5, 5.41) is 23.3. The van der Waals surface area contributed by atoms with Gasteiger partial charge >= 0.3 is 0 Å². The average molecular weight is 273 g/mol. The van der Waals surface area contributed by atoms with Crippen LogP contribution in [0.15, 0.2) is 24.3 Å². The number of benzene rings is 1. The van der Waals surface area contributed by atoms with Gasteiger partial charge in [0.1, 0.15) is 0 Å². The molecule has 1 heterocycles. The Hall–Kier alpha value is -1.68. The number of nitrogens with one attached hydrogen (secondary N) is 1. The van der Waals surface area contributed by atoms with E-state index in [2.05, 4.69) is 34.6 Å². The van der Waals surface area contributed by atoms with Crippen molar-refractivity contribution in [1.82, 2.24) is 10.2 Å². The van der Waals surface area contributed by atoms with Crippen molar-refractivity contribution < 1.29 is 5.11 Å². The van der Waals surface area contributed by atoms with Crippen molar-refractivity contribution in [3.05, 3.63) is 30.0 Å². The van der Waals surface area contributed by atoms with Crippen LogP contribution in [0.3, 0.4) is 0 Å². The number of fused-ring (bicyclic) bond motifs is 1. The van der Waals surface area contributed by atoms with Gasteiger partial charge in [0.15, 0.2) is 5.82 Å². The molecule has 1 aromatic heterocycles. The molecular weight excluding hydrogens is 250 g/mol. The zero-order valence-corrected chi connectivity index (χ0v) is 12.3. The van der Waals surface area contributed by atoms with Gasteiger partial charge in [0.05, 0.1) is 5.69 Å². The van der Waals surface area contributed by atoms with E-state index in [0.717, 1.165) is 48.1 Å². The summed E-state index contributed by atoms with van der Waals surface area (Å²) >= 11 is 0. The molecule has 0 aliphatic carbocycles. The maximum atomic E-state index is 9.11. The maximum absolute atomic E-state index is 9.11. The molecule has 2 aromatic rings. The fourth-order valence-corrected chi connectivity index (χ4v) is 2.55. The van der Waals surface area contributed by atoms with Gasteiger partial charge < -0.3 is 10.4 Å². The molecule has 20 heavy (non-hydrogen) atoms. The number of aryl methyl sites for hydroxylation is 1. The number of hydrogen-bond acceptors (Lipinski definition) is 4. The second kappa shape index (κ2) is 7.20. The summed E-state index contributed by atoms with van der Waals surface area (Å²) in [6.45, 7) is 5.22. The topological polar surface area (TPSA) is 58.0 Å². The first-order chi connectivity index (χ1) is 9.76. The van der Waals surface area contributed by atoms with E-state index in [4.69, 9.17) is 5.11 Å². The Labute approximate surface area is 120 Å². The number of rotatable bonds is 7. The minimum Gasteiger partial charge on any atom is -0.396 e. The van der Waals surface area contributed by atoms with Gasteiger partial charge in [0.25, 0.3) is 0 Å². The lowest BCUT2D eigenvalue weighted by Crippen LogP contribution is -2.17. The Balaban J connectivity index is 2.15. The summed E-state index contributed by atoms with van der Waals surface area (Å²) in [7, 11) is 0. The predicted molar refractivity (Wildman–Crippen MR) is 82.9 cm³/mol. The standard InChI is InChI=1S/C16H23N3O/c1-3-6-13(9-10-20)11-17-16-15-8-5-4-7-14(15)12(2)18-19-16/h4-5,7-8,13,20H,3,6,9-11H2,1-2H3,(H,17,19). The first-order valence-electron chi connectivity index (χ1n) is 7.33. The van der Waals surface area contributed by atoms with Crippen molar-refractivity contribution in [3.8, 4) is 0 Å². The molecule has 4 heteroatoms. The highest BCUT2D eigenvalue weighted by molar-refractivity contribution is 5.92. The van der Waals surface area contributed by atoms with Gasteiger partial charge in [-0.3, -0.25) is 0 Å². The average Bonchev–Trinajstić information content (AvgIpc) is 2.47. The van der Waals surface area contributed by atoms with Crippen molar-refractivity contribution in [3.63, 3.8) is 0 Å². The van der Waals surface area contributed by atoms with Crippen LogP contribution in [-0.4, -0.2) is 28.5 Å². The van der Waals surface area contributed by atoms with Crippen LogP contribution < -0.4 is 5.32 Å². The zero-order valence-electron chi connectivity index (χ0n) is 12.3. The third-order valence-electron chi connectivity index (χ3n) is 3.66. The van der Waals surface area contributed by atoms with Crippen molar-refractivity contribution in [2.24, 2.45) is 5.92 Å². The third-order valence-corrected chi connectivity index (χ3v) is 3.66. The van der Waals surface area contributed by atoms with Gasteiger partial charge in [-0.1, -0.05) is 37.6 Å². The Bertz CT molecular complexity index is 550. The third kappa shape index (κ3) is 3.45. The van der Waals surface area contributed by atoms with Crippen LogP contribution in [0.5, 0.6) is 0 Å². The molecule has 0 saturated heterocycles. The molecule has 0 spiro atoms. The highest BCUT2D eigenvalue weighted by Crippen LogP contribution is 2.23. The Kier molecular flexibility index (Phi) is 5.30. The van der Waals surface area contributed by atoms with Crippen molar-refractivity contribution in [1.29, 1.82) is 0 Å². The van der Waals surface area contributed by atoms with Crippen LogP contribution >= 0.6 is 0 Å². The molecule has 0 saturated carbocycles. The van der Waals surface area contributed by atoms with Gasteiger partial charge in [-0.2, -0.15) is 5.10 Å². The lowest BCUT2D eigenvalue weighted by molar-refractivity contribution is 0.255. The molecule has 0 aliphatic rings. The van der Waals surface area contributed by atoms with Crippen molar-refractivity contribution in [2.75, 3.05) is 18.5 Å². The number of aliphatic hydroxyl groups excluding tert-OH is 1. The molecule has 108 valence electrons. The minimum absolute atomic E-state index is 0.243. The van der Waals surface area contributed by atoms with Crippen molar-refractivity contribution >= 4 is 16.6 Å². The number of nitrogens with zero attached hydrogens (tertiary/aromatic N) is 2. The maximum Gasteiger partial charge on any atom is 0.156 e. The molecule has 0 amide bonds. The van der Waals surface area contributed by atoms with E-state index in [1.807, 2.05) is 19.1 Å². The van der Waals surface area contributed by atoms with E-state index >= 15 is 0 Å². The molecule has 0 fully saturated rings. The molecule has 0 radical (unpaired) electrons. The van der Waals surface area contributed by atoms with Gasteiger partial charge in [0, 0.05) is 23.9 Å². The largest absolute Gasteiger partial charge is 0.396 e. The van der Waals surface area contributed by atoms with Crippen LogP contribution in [-0.2, 0) is 0 Å². The normalized spacial score (nSPS) is 12.6. The van der Waals surface area contributed by atoms with E-state index in [0.29, 0.717) is 5.92 Å². The molecule has 0 aliphatic heterocycles. The second-order valence-corrected chi connectivity index (χ2v) is 5.23. The summed E-state index contributed by atoms with van der Waals surface area (Å²) in [6, 6.07) is 8.18. The number of aliphatic hydroxyl groups is 1.